The van der Waals surface area contributed by atoms with Gasteiger partial charge >= 0.3 is 0 Å². The Labute approximate surface area is 254 Å². The summed E-state index contributed by atoms with van der Waals surface area (Å²) in [7, 11) is -1.00. The Balaban J connectivity index is 1.98. The Morgan fingerprint density at radius 3 is 2.52 bits per heavy atom. The molecule has 2 aromatic heterocycles. The van der Waals surface area contributed by atoms with Gasteiger partial charge in [0.15, 0.2) is 5.82 Å². The van der Waals surface area contributed by atoms with Crippen molar-refractivity contribution in [3.8, 4) is 17.3 Å². The van der Waals surface area contributed by atoms with Crippen LogP contribution in [0.15, 0.2) is 30.3 Å². The monoisotopic (exact) mass is 615 g/mol. The Morgan fingerprint density at radius 2 is 1.86 bits per heavy atom. The van der Waals surface area contributed by atoms with Gasteiger partial charge in [0.2, 0.25) is 5.88 Å². The van der Waals surface area contributed by atoms with Crippen LogP contribution < -0.4 is 9.46 Å². The highest BCUT2D eigenvalue weighted by Crippen LogP contribution is 2.32. The van der Waals surface area contributed by atoms with Crippen LogP contribution in [0.4, 0.5) is 0 Å². The van der Waals surface area contributed by atoms with Gasteiger partial charge in [-0.3, -0.25) is 4.79 Å². The second-order valence-electron chi connectivity index (χ2n) is 12.9. The van der Waals surface area contributed by atoms with E-state index in [9.17, 15) is 9.00 Å². The van der Waals surface area contributed by atoms with Gasteiger partial charge in [0, 0.05) is 32.9 Å². The van der Waals surface area contributed by atoms with Gasteiger partial charge in [-0.2, -0.15) is 0 Å². The maximum Gasteiger partial charge on any atom is 0.225 e. The molecule has 232 valence electrons. The molecule has 0 unspecified atom stereocenters. The molecular weight excluding hydrogens is 567 g/mol. The lowest BCUT2D eigenvalue weighted by molar-refractivity contribution is -0.118. The van der Waals surface area contributed by atoms with Gasteiger partial charge in [0.25, 0.3) is 0 Å². The molecule has 0 fully saturated rings. The average Bonchev–Trinajstić information content (AvgIpc) is 3.36. The molecule has 9 nitrogen and oxygen atoms in total. The van der Waals surface area contributed by atoms with Crippen molar-refractivity contribution >= 4 is 35.7 Å². The number of fused-ring (bicyclic) bond motifs is 1. The molecule has 0 radical (unpaired) electrons. The summed E-state index contributed by atoms with van der Waals surface area (Å²) in [6.45, 7) is 15.6. The van der Waals surface area contributed by atoms with Crippen LogP contribution in [0.25, 0.3) is 22.3 Å². The van der Waals surface area contributed by atoms with E-state index in [1.807, 2.05) is 58.0 Å². The number of carbonyl (C=O) groups excluding carboxylic acids is 1. The van der Waals surface area contributed by atoms with Crippen molar-refractivity contribution in [2.24, 2.45) is 0 Å². The molecule has 2 heterocycles. The number of pyridine rings is 1. The minimum Gasteiger partial charge on any atom is -0.480 e. The molecule has 2 atom stereocenters. The smallest absolute Gasteiger partial charge is 0.225 e. The summed E-state index contributed by atoms with van der Waals surface area (Å²) in [6.07, 6.45) is 4.48. The van der Waals surface area contributed by atoms with Gasteiger partial charge in [0.05, 0.1) is 40.0 Å². The van der Waals surface area contributed by atoms with Crippen LogP contribution in [0.1, 0.15) is 78.1 Å². The second-order valence-corrected chi connectivity index (χ2v) is 20.5. The first-order chi connectivity index (χ1) is 19.8. The standard InChI is InChI=1S/C31H49N5O4SSi/c1-9-24(37)16-11-10-12-18-27(35-41(38)31(2,3)4)29-33-28(34-36(29)22-40-19-20-42(6,7)8)25-21-23-15-13-14-17-26(23)32-30(25)39-5/h13-15,17,21,27,35H,9-12,16,18-20,22H2,1-8H3/t27-,41+/m0/s1. The summed E-state index contributed by atoms with van der Waals surface area (Å²) < 4.78 is 29.8. The van der Waals surface area contributed by atoms with E-state index in [-0.39, 0.29) is 18.6 Å². The first-order valence-electron chi connectivity index (χ1n) is 15.0. The number of nitrogens with zero attached hydrogens (tertiary/aromatic N) is 4. The molecule has 0 amide bonds. The van der Waals surface area contributed by atoms with Gasteiger partial charge in [-0.1, -0.05) is 57.6 Å². The van der Waals surface area contributed by atoms with Gasteiger partial charge in [-0.15, -0.1) is 5.10 Å². The predicted molar refractivity (Wildman–Crippen MR) is 174 cm³/mol. The van der Waals surface area contributed by atoms with E-state index < -0.39 is 23.8 Å². The highest BCUT2D eigenvalue weighted by Gasteiger charge is 2.28. The minimum atomic E-state index is -1.33. The van der Waals surface area contributed by atoms with E-state index in [0.717, 1.165) is 36.2 Å². The van der Waals surface area contributed by atoms with Crippen LogP contribution in [0.5, 0.6) is 5.88 Å². The molecule has 3 aromatic rings. The lowest BCUT2D eigenvalue weighted by atomic mass is 10.1. The second kappa shape index (κ2) is 15.3. The third-order valence-corrected chi connectivity index (χ3v) is 10.3. The van der Waals surface area contributed by atoms with Crippen molar-refractivity contribution in [2.75, 3.05) is 13.7 Å². The van der Waals surface area contributed by atoms with Crippen LogP contribution >= 0.6 is 0 Å². The predicted octanol–water partition coefficient (Wildman–Crippen LogP) is 6.84. The number of Topliss-reactive ketones (excluding diaryl/α,β-unsaturated/α-hetero) is 1. The fourth-order valence-corrected chi connectivity index (χ4v) is 5.93. The van der Waals surface area contributed by atoms with Crippen LogP contribution in [0.3, 0.4) is 0 Å². The fourth-order valence-electron chi connectivity index (χ4n) is 4.34. The van der Waals surface area contributed by atoms with Gasteiger partial charge in [0.1, 0.15) is 18.3 Å². The third-order valence-electron chi connectivity index (χ3n) is 6.99. The maximum atomic E-state index is 13.3. The van der Waals surface area contributed by atoms with E-state index in [1.165, 1.54) is 0 Å². The quantitative estimate of drug-likeness (QED) is 0.131. The van der Waals surface area contributed by atoms with Crippen LogP contribution in [-0.4, -0.2) is 56.3 Å². The van der Waals surface area contributed by atoms with E-state index >= 15 is 0 Å². The maximum absolute atomic E-state index is 13.3. The number of carbonyl (C=O) groups is 1. The average molecular weight is 616 g/mol. The molecular formula is C31H49N5O4SSi. The largest absolute Gasteiger partial charge is 0.480 e. The van der Waals surface area contributed by atoms with Gasteiger partial charge in [-0.05, 0) is 51.8 Å². The first-order valence-corrected chi connectivity index (χ1v) is 19.8. The van der Waals surface area contributed by atoms with Crippen molar-refractivity contribution in [1.29, 1.82) is 0 Å². The Kier molecular flexibility index (Phi) is 12.4. The summed E-state index contributed by atoms with van der Waals surface area (Å²) in [4.78, 5) is 21.5. The molecule has 0 spiro atoms. The molecule has 1 aromatic carbocycles. The number of unbranched alkanes of at least 4 members (excludes halogenated alkanes) is 2. The zero-order chi connectivity index (χ0) is 30.9. The summed E-state index contributed by atoms with van der Waals surface area (Å²) in [6, 6.07) is 10.6. The fraction of sp³-hybridized carbons (Fsp3) is 0.613. The number of rotatable bonds is 17. The SMILES string of the molecule is CCC(=O)CCCCC[C@H](N[S@](=O)C(C)(C)C)c1nc(-c2cc3ccccc3nc2OC)nn1COCC[Si](C)(C)C. The number of hydrogen-bond acceptors (Lipinski definition) is 7. The van der Waals surface area contributed by atoms with Crippen LogP contribution in [0, 0.1) is 0 Å². The number of nitrogens with one attached hydrogen (secondary N) is 1. The number of benzene rings is 1. The molecule has 0 saturated heterocycles. The number of ether oxygens (including phenoxy) is 2. The number of para-hydroxylation sites is 1. The van der Waals surface area contributed by atoms with E-state index in [4.69, 9.17) is 24.5 Å². The Hall–Kier alpha value is -2.47. The number of aromatic nitrogens is 4. The lowest BCUT2D eigenvalue weighted by Crippen LogP contribution is -2.37. The van der Waals surface area contributed by atoms with Crippen molar-refractivity contribution in [3.05, 3.63) is 36.2 Å². The van der Waals surface area contributed by atoms with Gasteiger partial charge < -0.3 is 9.47 Å². The van der Waals surface area contributed by atoms with Crippen LogP contribution in [-0.2, 0) is 27.2 Å². The lowest BCUT2D eigenvalue weighted by Gasteiger charge is -2.24. The molecule has 0 saturated carbocycles. The number of methoxy groups -OCH3 is 1. The summed E-state index contributed by atoms with van der Waals surface area (Å²) in [5.41, 5.74) is 1.51. The normalized spacial score (nSPS) is 13.8. The summed E-state index contributed by atoms with van der Waals surface area (Å²) >= 11 is 0. The highest BCUT2D eigenvalue weighted by molar-refractivity contribution is 7.84. The summed E-state index contributed by atoms with van der Waals surface area (Å²) in [5, 5.41) is 5.85. The molecule has 0 bridgehead atoms. The number of ketones is 1. The molecule has 3 rings (SSSR count). The molecule has 11 heteroatoms. The Bertz CT molecular complexity index is 1350. The molecule has 0 aliphatic heterocycles. The number of hydrogen-bond donors (Lipinski definition) is 1. The zero-order valence-electron chi connectivity index (χ0n) is 26.7. The van der Waals surface area contributed by atoms with E-state index in [1.54, 1.807) is 11.8 Å². The first kappa shape index (κ1) is 34.0. The van der Waals surface area contributed by atoms with Crippen molar-refractivity contribution < 1.29 is 18.5 Å². The van der Waals surface area contributed by atoms with Crippen molar-refractivity contribution in [3.63, 3.8) is 0 Å². The zero-order valence-corrected chi connectivity index (χ0v) is 28.5. The van der Waals surface area contributed by atoms with E-state index in [0.29, 0.717) is 49.0 Å². The Morgan fingerprint density at radius 1 is 1.12 bits per heavy atom. The van der Waals surface area contributed by atoms with Crippen molar-refractivity contribution in [2.45, 2.75) is 109 Å². The van der Waals surface area contributed by atoms with Crippen LogP contribution in [0.2, 0.25) is 25.7 Å². The third kappa shape index (κ3) is 10.1. The highest BCUT2D eigenvalue weighted by atomic mass is 32.2. The summed E-state index contributed by atoms with van der Waals surface area (Å²) in [5.74, 6) is 1.88. The molecule has 42 heavy (non-hydrogen) atoms. The molecule has 0 aliphatic carbocycles. The molecule has 1 N–H and O–H groups in total. The van der Waals surface area contributed by atoms with E-state index in [2.05, 4.69) is 24.4 Å². The minimum absolute atomic E-state index is 0.238. The molecule has 0 aliphatic rings. The van der Waals surface area contributed by atoms with Gasteiger partial charge in [-0.25, -0.2) is 23.6 Å². The topological polar surface area (TPSA) is 108 Å². The van der Waals surface area contributed by atoms with Crippen molar-refractivity contribution in [1.82, 2.24) is 24.5 Å².